The number of hydrogen-bond acceptors (Lipinski definition) is 7. The maximum Gasteiger partial charge on any atom is 0.329 e. The lowest BCUT2D eigenvalue weighted by Gasteiger charge is -2.21. The summed E-state index contributed by atoms with van der Waals surface area (Å²) in [6.45, 7) is 2.99. The topological polar surface area (TPSA) is 103 Å². The van der Waals surface area contributed by atoms with Gasteiger partial charge in [-0.3, -0.25) is 14.5 Å². The van der Waals surface area contributed by atoms with Crippen LogP contribution in [0.4, 0.5) is 0 Å². The predicted molar refractivity (Wildman–Crippen MR) is 75.6 cm³/mol. The van der Waals surface area contributed by atoms with Gasteiger partial charge in [0.1, 0.15) is 6.04 Å². The molecule has 8 nitrogen and oxygen atoms in total. The van der Waals surface area contributed by atoms with Crippen LogP contribution in [0.3, 0.4) is 0 Å². The fourth-order valence-corrected chi connectivity index (χ4v) is 3.33. The zero-order chi connectivity index (χ0) is 16.6. The third-order valence-electron chi connectivity index (χ3n) is 4.51. The highest BCUT2D eigenvalue weighted by atomic mass is 16.6. The van der Waals surface area contributed by atoms with E-state index in [1.807, 2.05) is 0 Å². The molecule has 1 aliphatic carbocycles. The number of esters is 1. The van der Waals surface area contributed by atoms with E-state index in [0.29, 0.717) is 5.82 Å². The number of nitrogens with zero attached hydrogens (tertiary/aromatic N) is 3. The Balaban J connectivity index is 1.64. The molecule has 2 heterocycles. The molecule has 8 heteroatoms. The van der Waals surface area contributed by atoms with Crippen LogP contribution in [0.15, 0.2) is 4.52 Å². The highest BCUT2D eigenvalue weighted by Crippen LogP contribution is 2.38. The van der Waals surface area contributed by atoms with E-state index in [0.717, 1.165) is 30.6 Å². The summed E-state index contributed by atoms with van der Waals surface area (Å²) in [5.74, 6) is -1.08. The second-order valence-corrected chi connectivity index (χ2v) is 6.06. The molecular formula is C15H19N3O5. The van der Waals surface area contributed by atoms with E-state index in [9.17, 15) is 14.4 Å². The molecule has 1 aromatic rings. The monoisotopic (exact) mass is 321 g/mol. The van der Waals surface area contributed by atoms with Gasteiger partial charge in [0.05, 0.1) is 11.8 Å². The third-order valence-corrected chi connectivity index (χ3v) is 4.51. The molecule has 2 unspecified atom stereocenters. The highest BCUT2D eigenvalue weighted by Gasteiger charge is 2.51. The van der Waals surface area contributed by atoms with Crippen LogP contribution in [0.5, 0.6) is 0 Å². The number of imide groups is 1. The largest absolute Gasteiger partial charge is 0.454 e. The molecule has 2 aliphatic rings. The first-order valence-corrected chi connectivity index (χ1v) is 7.81. The van der Waals surface area contributed by atoms with Crippen LogP contribution >= 0.6 is 0 Å². The molecule has 0 bridgehead atoms. The summed E-state index contributed by atoms with van der Waals surface area (Å²) >= 11 is 0. The minimum absolute atomic E-state index is 0.174. The Morgan fingerprint density at radius 2 is 1.91 bits per heavy atom. The van der Waals surface area contributed by atoms with Crippen LogP contribution < -0.4 is 0 Å². The quantitative estimate of drug-likeness (QED) is 0.601. The van der Waals surface area contributed by atoms with Gasteiger partial charge in [-0.15, -0.1) is 0 Å². The number of rotatable bonds is 4. The van der Waals surface area contributed by atoms with Gasteiger partial charge in [-0.1, -0.05) is 18.0 Å². The minimum atomic E-state index is -0.940. The molecule has 23 heavy (non-hydrogen) atoms. The number of amides is 2. The van der Waals surface area contributed by atoms with Gasteiger partial charge in [-0.05, 0) is 26.7 Å². The van der Waals surface area contributed by atoms with Gasteiger partial charge in [0.15, 0.2) is 12.4 Å². The molecule has 0 spiro atoms. The number of carbonyl (C=O) groups excluding carboxylic acids is 3. The van der Waals surface area contributed by atoms with Crippen molar-refractivity contribution >= 4 is 17.8 Å². The standard InChI is InChI=1S/C15H19N3O5/c1-8(15(21)22-7-12-16-9(2)17-23-12)18-13(19)10-5-3-4-6-11(10)14(18)20/h8,10-11H,3-7H2,1-2H3/t8-,10?,11?/m0/s1. The Bertz CT molecular complexity index is 617. The summed E-state index contributed by atoms with van der Waals surface area (Å²) in [5.41, 5.74) is 0. The Morgan fingerprint density at radius 1 is 1.30 bits per heavy atom. The van der Waals surface area contributed by atoms with Crippen molar-refractivity contribution < 1.29 is 23.6 Å². The highest BCUT2D eigenvalue weighted by molar-refractivity contribution is 6.07. The number of aryl methyl sites for hydroxylation is 1. The Hall–Kier alpha value is -2.25. The smallest absolute Gasteiger partial charge is 0.329 e. The summed E-state index contributed by atoms with van der Waals surface area (Å²) in [6.07, 6.45) is 3.33. The van der Waals surface area contributed by atoms with Crippen LogP contribution in [-0.2, 0) is 25.7 Å². The van der Waals surface area contributed by atoms with E-state index in [4.69, 9.17) is 9.26 Å². The number of carbonyl (C=O) groups is 3. The fraction of sp³-hybridized carbons (Fsp3) is 0.667. The van der Waals surface area contributed by atoms with Gasteiger partial charge in [0, 0.05) is 0 Å². The third kappa shape index (κ3) is 2.85. The average Bonchev–Trinajstić information content (AvgIpc) is 3.07. The molecule has 1 aromatic heterocycles. The number of fused-ring (bicyclic) bond motifs is 1. The summed E-state index contributed by atoms with van der Waals surface area (Å²) in [7, 11) is 0. The molecule has 3 rings (SSSR count). The first-order valence-electron chi connectivity index (χ1n) is 7.81. The zero-order valence-electron chi connectivity index (χ0n) is 13.2. The first-order chi connectivity index (χ1) is 11.0. The maximum atomic E-state index is 12.4. The molecule has 2 fully saturated rings. The van der Waals surface area contributed by atoms with Crippen LogP contribution in [0.2, 0.25) is 0 Å². The minimum Gasteiger partial charge on any atom is -0.454 e. The van der Waals surface area contributed by atoms with Crippen LogP contribution in [-0.4, -0.2) is 38.9 Å². The van der Waals surface area contributed by atoms with E-state index in [2.05, 4.69) is 10.1 Å². The van der Waals surface area contributed by atoms with E-state index in [-0.39, 0.29) is 36.1 Å². The summed E-state index contributed by atoms with van der Waals surface area (Å²) < 4.78 is 9.94. The molecule has 1 aliphatic heterocycles. The van der Waals surface area contributed by atoms with E-state index >= 15 is 0 Å². The average molecular weight is 321 g/mol. The Morgan fingerprint density at radius 3 is 2.43 bits per heavy atom. The number of aromatic nitrogens is 2. The van der Waals surface area contributed by atoms with Crippen LogP contribution in [0, 0.1) is 18.8 Å². The van der Waals surface area contributed by atoms with E-state index in [1.54, 1.807) is 6.92 Å². The SMILES string of the molecule is Cc1noc(COC(=O)[C@H](C)N2C(=O)C3CCCCC3C2=O)n1. The van der Waals surface area contributed by atoms with Gasteiger partial charge in [-0.25, -0.2) is 4.79 Å². The molecule has 2 amide bonds. The van der Waals surface area contributed by atoms with Crippen molar-refractivity contribution in [3.05, 3.63) is 11.7 Å². The molecule has 3 atom stereocenters. The van der Waals surface area contributed by atoms with E-state index in [1.165, 1.54) is 6.92 Å². The summed E-state index contributed by atoms with van der Waals surface area (Å²) in [4.78, 5) is 42.0. The predicted octanol–water partition coefficient (Wildman–Crippen LogP) is 0.985. The fourth-order valence-electron chi connectivity index (χ4n) is 3.33. The van der Waals surface area contributed by atoms with Gasteiger partial charge >= 0.3 is 5.97 Å². The van der Waals surface area contributed by atoms with Gasteiger partial charge in [0.2, 0.25) is 11.8 Å². The van der Waals surface area contributed by atoms with Crippen molar-refractivity contribution in [1.29, 1.82) is 0 Å². The van der Waals surface area contributed by atoms with Gasteiger partial charge in [-0.2, -0.15) is 4.98 Å². The van der Waals surface area contributed by atoms with Crippen molar-refractivity contribution in [1.82, 2.24) is 15.0 Å². The Kier molecular flexibility index (Phi) is 4.14. The lowest BCUT2D eigenvalue weighted by molar-refractivity contribution is -0.159. The van der Waals surface area contributed by atoms with Crippen molar-refractivity contribution in [3.63, 3.8) is 0 Å². The molecule has 1 saturated carbocycles. The molecular weight excluding hydrogens is 302 g/mol. The lowest BCUT2D eigenvalue weighted by Crippen LogP contribution is -2.44. The molecule has 0 radical (unpaired) electrons. The van der Waals surface area contributed by atoms with Crippen LogP contribution in [0.25, 0.3) is 0 Å². The first kappa shape index (κ1) is 15.6. The van der Waals surface area contributed by atoms with E-state index < -0.39 is 12.0 Å². The normalized spacial score (nSPS) is 25.4. The second kappa shape index (κ2) is 6.10. The molecule has 124 valence electrons. The van der Waals surface area contributed by atoms with Crippen molar-refractivity contribution in [2.45, 2.75) is 52.2 Å². The van der Waals surface area contributed by atoms with Crippen molar-refractivity contribution in [2.24, 2.45) is 11.8 Å². The Labute approximate surface area is 133 Å². The van der Waals surface area contributed by atoms with Crippen LogP contribution in [0.1, 0.15) is 44.3 Å². The molecule has 1 saturated heterocycles. The number of hydrogen-bond donors (Lipinski definition) is 0. The second-order valence-electron chi connectivity index (χ2n) is 6.06. The summed E-state index contributed by atoms with van der Waals surface area (Å²) in [6, 6.07) is -0.940. The number of ether oxygens (including phenoxy) is 1. The van der Waals surface area contributed by atoms with Gasteiger partial charge < -0.3 is 9.26 Å². The summed E-state index contributed by atoms with van der Waals surface area (Å²) in [5, 5.41) is 3.59. The maximum absolute atomic E-state index is 12.4. The van der Waals surface area contributed by atoms with Gasteiger partial charge in [0.25, 0.3) is 5.89 Å². The van der Waals surface area contributed by atoms with Crippen molar-refractivity contribution in [2.75, 3.05) is 0 Å². The molecule has 0 N–H and O–H groups in total. The lowest BCUT2D eigenvalue weighted by atomic mass is 9.81. The van der Waals surface area contributed by atoms with Crippen molar-refractivity contribution in [3.8, 4) is 0 Å². The number of likely N-dealkylation sites (tertiary alicyclic amines) is 1. The zero-order valence-corrected chi connectivity index (χ0v) is 13.2. The molecule has 0 aromatic carbocycles.